The topological polar surface area (TPSA) is 42.1 Å². The molecule has 17 heavy (non-hydrogen) atoms. The van der Waals surface area contributed by atoms with E-state index in [-0.39, 0.29) is 0 Å². The number of nitrogens with two attached hydrogens (primary N) is 1. The Labute approximate surface area is 104 Å². The van der Waals surface area contributed by atoms with Crippen LogP contribution >= 0.6 is 0 Å². The SMILES string of the molecule is Cc1ccc(CN)c(N2CCC(C(C)C)C2)n1. The molecule has 1 aliphatic heterocycles. The van der Waals surface area contributed by atoms with Gasteiger partial charge in [-0.15, -0.1) is 0 Å². The minimum atomic E-state index is 0.575. The Bertz CT molecular complexity index is 387. The Morgan fingerprint density at radius 3 is 2.82 bits per heavy atom. The van der Waals surface area contributed by atoms with Crippen LogP contribution in [0.3, 0.4) is 0 Å². The van der Waals surface area contributed by atoms with Crippen molar-refractivity contribution >= 4 is 5.82 Å². The molecule has 3 heteroatoms. The average molecular weight is 233 g/mol. The zero-order valence-corrected chi connectivity index (χ0v) is 11.1. The summed E-state index contributed by atoms with van der Waals surface area (Å²) < 4.78 is 0. The summed E-state index contributed by atoms with van der Waals surface area (Å²) in [6.07, 6.45) is 1.28. The van der Waals surface area contributed by atoms with Crippen LogP contribution in [-0.4, -0.2) is 18.1 Å². The molecule has 0 spiro atoms. The van der Waals surface area contributed by atoms with E-state index in [1.807, 2.05) is 13.0 Å². The van der Waals surface area contributed by atoms with Crippen molar-refractivity contribution in [3.8, 4) is 0 Å². The molecule has 0 saturated carbocycles. The summed E-state index contributed by atoms with van der Waals surface area (Å²) in [7, 11) is 0. The van der Waals surface area contributed by atoms with E-state index in [0.29, 0.717) is 6.54 Å². The van der Waals surface area contributed by atoms with Gasteiger partial charge in [0, 0.05) is 30.9 Å². The molecular weight excluding hydrogens is 210 g/mol. The molecule has 1 aromatic heterocycles. The molecule has 0 amide bonds. The lowest BCUT2D eigenvalue weighted by atomic mass is 9.95. The van der Waals surface area contributed by atoms with E-state index in [1.54, 1.807) is 0 Å². The van der Waals surface area contributed by atoms with Crippen LogP contribution in [-0.2, 0) is 6.54 Å². The van der Waals surface area contributed by atoms with Gasteiger partial charge in [0.2, 0.25) is 0 Å². The fourth-order valence-corrected chi connectivity index (χ4v) is 2.53. The second-order valence-electron chi connectivity index (χ2n) is 5.38. The minimum absolute atomic E-state index is 0.575. The molecule has 3 nitrogen and oxygen atoms in total. The van der Waals surface area contributed by atoms with Gasteiger partial charge in [0.1, 0.15) is 5.82 Å². The molecule has 0 bridgehead atoms. The maximum atomic E-state index is 5.80. The Hall–Kier alpha value is -1.09. The first-order valence-electron chi connectivity index (χ1n) is 6.53. The average Bonchev–Trinajstić information content (AvgIpc) is 2.78. The van der Waals surface area contributed by atoms with Gasteiger partial charge in [0.15, 0.2) is 0 Å². The van der Waals surface area contributed by atoms with Gasteiger partial charge in [-0.05, 0) is 31.2 Å². The van der Waals surface area contributed by atoms with E-state index in [1.165, 1.54) is 12.0 Å². The van der Waals surface area contributed by atoms with Gasteiger partial charge in [0.25, 0.3) is 0 Å². The van der Waals surface area contributed by atoms with Gasteiger partial charge in [-0.3, -0.25) is 0 Å². The zero-order chi connectivity index (χ0) is 12.4. The molecule has 2 rings (SSSR count). The van der Waals surface area contributed by atoms with Crippen molar-refractivity contribution < 1.29 is 0 Å². The third-order valence-corrected chi connectivity index (χ3v) is 3.78. The maximum Gasteiger partial charge on any atom is 0.133 e. The molecule has 0 aliphatic carbocycles. The molecule has 1 atom stereocenters. The lowest BCUT2D eigenvalue weighted by Crippen LogP contribution is -2.24. The number of aryl methyl sites for hydroxylation is 1. The summed E-state index contributed by atoms with van der Waals surface area (Å²) in [5.41, 5.74) is 8.04. The molecule has 2 heterocycles. The fraction of sp³-hybridized carbons (Fsp3) is 0.643. The number of hydrogen-bond acceptors (Lipinski definition) is 3. The van der Waals surface area contributed by atoms with Crippen LogP contribution < -0.4 is 10.6 Å². The maximum absolute atomic E-state index is 5.80. The summed E-state index contributed by atoms with van der Waals surface area (Å²) in [6.45, 7) is 9.47. The number of aromatic nitrogens is 1. The second kappa shape index (κ2) is 5.05. The Kier molecular flexibility index (Phi) is 3.67. The van der Waals surface area contributed by atoms with E-state index in [4.69, 9.17) is 5.73 Å². The van der Waals surface area contributed by atoms with Gasteiger partial charge in [0.05, 0.1) is 0 Å². The van der Waals surface area contributed by atoms with Crippen molar-refractivity contribution in [1.82, 2.24) is 4.98 Å². The number of hydrogen-bond donors (Lipinski definition) is 1. The molecular formula is C14H23N3. The molecule has 1 unspecified atom stereocenters. The summed E-state index contributed by atoms with van der Waals surface area (Å²) in [6, 6.07) is 4.15. The van der Waals surface area contributed by atoms with Gasteiger partial charge < -0.3 is 10.6 Å². The highest BCUT2D eigenvalue weighted by molar-refractivity contribution is 5.48. The number of rotatable bonds is 3. The molecule has 1 aliphatic rings. The van der Waals surface area contributed by atoms with Crippen LogP contribution in [0.2, 0.25) is 0 Å². The van der Waals surface area contributed by atoms with Crippen molar-refractivity contribution in [3.05, 3.63) is 23.4 Å². The van der Waals surface area contributed by atoms with Gasteiger partial charge >= 0.3 is 0 Å². The molecule has 1 saturated heterocycles. The number of anilines is 1. The van der Waals surface area contributed by atoms with Gasteiger partial charge in [-0.2, -0.15) is 0 Å². The smallest absolute Gasteiger partial charge is 0.133 e. The summed E-state index contributed by atoms with van der Waals surface area (Å²) >= 11 is 0. The van der Waals surface area contributed by atoms with Crippen molar-refractivity contribution in [2.45, 2.75) is 33.7 Å². The monoisotopic (exact) mass is 233 g/mol. The van der Waals surface area contributed by atoms with Gasteiger partial charge in [-0.1, -0.05) is 19.9 Å². The number of nitrogens with zero attached hydrogens (tertiary/aromatic N) is 2. The largest absolute Gasteiger partial charge is 0.356 e. The Morgan fingerprint density at radius 1 is 1.47 bits per heavy atom. The van der Waals surface area contributed by atoms with E-state index < -0.39 is 0 Å². The third-order valence-electron chi connectivity index (χ3n) is 3.78. The van der Waals surface area contributed by atoms with Crippen molar-refractivity contribution in [2.24, 2.45) is 17.6 Å². The predicted octanol–water partition coefficient (Wildman–Crippen LogP) is 2.33. The number of pyridine rings is 1. The van der Waals surface area contributed by atoms with E-state index in [9.17, 15) is 0 Å². The molecule has 0 aromatic carbocycles. The fourth-order valence-electron chi connectivity index (χ4n) is 2.53. The standard InChI is InChI=1S/C14H23N3/c1-10(2)13-6-7-17(9-13)14-12(8-15)5-4-11(3)16-14/h4-5,10,13H,6-9,15H2,1-3H3. The van der Waals surface area contributed by atoms with Crippen LogP contribution in [0.15, 0.2) is 12.1 Å². The van der Waals surface area contributed by atoms with Crippen LogP contribution in [0.5, 0.6) is 0 Å². The Balaban J connectivity index is 2.20. The highest BCUT2D eigenvalue weighted by Crippen LogP contribution is 2.29. The highest BCUT2D eigenvalue weighted by atomic mass is 15.2. The van der Waals surface area contributed by atoms with Crippen LogP contribution in [0, 0.1) is 18.8 Å². The molecule has 94 valence electrons. The normalized spacial score (nSPS) is 20.3. The molecule has 0 radical (unpaired) electrons. The second-order valence-corrected chi connectivity index (χ2v) is 5.38. The summed E-state index contributed by atoms with van der Waals surface area (Å²) in [5.74, 6) is 2.66. The third kappa shape index (κ3) is 2.60. The van der Waals surface area contributed by atoms with E-state index >= 15 is 0 Å². The minimum Gasteiger partial charge on any atom is -0.356 e. The summed E-state index contributed by atoms with van der Waals surface area (Å²) in [5, 5.41) is 0. The zero-order valence-electron chi connectivity index (χ0n) is 11.1. The van der Waals surface area contributed by atoms with Crippen LogP contribution in [0.1, 0.15) is 31.5 Å². The Morgan fingerprint density at radius 2 is 2.24 bits per heavy atom. The summed E-state index contributed by atoms with van der Waals surface area (Å²) in [4.78, 5) is 7.07. The molecule has 1 aromatic rings. The predicted molar refractivity (Wildman–Crippen MR) is 72.0 cm³/mol. The van der Waals surface area contributed by atoms with Gasteiger partial charge in [-0.25, -0.2) is 4.98 Å². The van der Waals surface area contributed by atoms with E-state index in [2.05, 4.69) is 29.8 Å². The van der Waals surface area contributed by atoms with Crippen LogP contribution in [0.25, 0.3) is 0 Å². The van der Waals surface area contributed by atoms with Crippen molar-refractivity contribution in [1.29, 1.82) is 0 Å². The lowest BCUT2D eigenvalue weighted by Gasteiger charge is -2.21. The quantitative estimate of drug-likeness (QED) is 0.871. The van der Waals surface area contributed by atoms with E-state index in [0.717, 1.165) is 36.4 Å². The first-order valence-corrected chi connectivity index (χ1v) is 6.53. The van der Waals surface area contributed by atoms with Crippen molar-refractivity contribution in [2.75, 3.05) is 18.0 Å². The molecule has 2 N–H and O–H groups in total. The first kappa shape index (κ1) is 12.4. The van der Waals surface area contributed by atoms with Crippen molar-refractivity contribution in [3.63, 3.8) is 0 Å². The van der Waals surface area contributed by atoms with Crippen LogP contribution in [0.4, 0.5) is 5.82 Å². The lowest BCUT2D eigenvalue weighted by molar-refractivity contribution is 0.422. The first-order chi connectivity index (χ1) is 8.11. The highest BCUT2D eigenvalue weighted by Gasteiger charge is 2.26. The molecule has 1 fully saturated rings.